The summed E-state index contributed by atoms with van der Waals surface area (Å²) in [6.45, 7) is 7.68. The molecule has 1 aliphatic heterocycles. The van der Waals surface area contributed by atoms with Crippen LogP contribution < -0.4 is 5.32 Å². The van der Waals surface area contributed by atoms with Crippen molar-refractivity contribution < 1.29 is 0 Å². The topological polar surface area (TPSA) is 29.9 Å². The predicted octanol–water partition coefficient (Wildman–Crippen LogP) is 3.09. The number of halogens is 1. The van der Waals surface area contributed by atoms with Gasteiger partial charge in [0.1, 0.15) is 0 Å². The van der Waals surface area contributed by atoms with Gasteiger partial charge in [0.05, 0.1) is 16.4 Å². The van der Waals surface area contributed by atoms with Crippen molar-refractivity contribution in [1.29, 1.82) is 0 Å². The van der Waals surface area contributed by atoms with Crippen molar-refractivity contribution in [2.75, 3.05) is 6.54 Å². The average molecular weight is 270 g/mol. The van der Waals surface area contributed by atoms with Gasteiger partial charge in [0, 0.05) is 19.0 Å². The predicted molar refractivity (Wildman–Crippen MR) is 76.1 cm³/mol. The molecule has 1 fully saturated rings. The van der Waals surface area contributed by atoms with Crippen LogP contribution in [0.1, 0.15) is 44.5 Å². The first-order chi connectivity index (χ1) is 8.43. The van der Waals surface area contributed by atoms with Gasteiger partial charge in [-0.05, 0) is 38.6 Å². The Morgan fingerprint density at radius 2 is 2.22 bits per heavy atom. The highest BCUT2D eigenvalue weighted by molar-refractivity contribution is 6.31. The van der Waals surface area contributed by atoms with Crippen LogP contribution in [0.5, 0.6) is 0 Å². The summed E-state index contributed by atoms with van der Waals surface area (Å²) in [5, 5.41) is 8.98. The Balaban J connectivity index is 2.23. The van der Waals surface area contributed by atoms with Crippen molar-refractivity contribution >= 4 is 11.6 Å². The second-order valence-corrected chi connectivity index (χ2v) is 6.43. The number of aromatic nitrogens is 2. The number of rotatable bonds is 4. The van der Waals surface area contributed by atoms with E-state index >= 15 is 0 Å². The Morgan fingerprint density at radius 1 is 1.50 bits per heavy atom. The molecule has 0 aliphatic carbocycles. The van der Waals surface area contributed by atoms with Crippen molar-refractivity contribution in [2.45, 2.75) is 52.0 Å². The molecule has 1 aromatic rings. The lowest BCUT2D eigenvalue weighted by Crippen LogP contribution is -2.43. The lowest BCUT2D eigenvalue weighted by molar-refractivity contribution is 0.296. The molecule has 102 valence electrons. The van der Waals surface area contributed by atoms with Crippen molar-refractivity contribution in [3.8, 4) is 0 Å². The van der Waals surface area contributed by atoms with Crippen LogP contribution in [0, 0.1) is 12.8 Å². The normalized spacial score (nSPS) is 24.1. The third-order valence-corrected chi connectivity index (χ3v) is 4.39. The maximum absolute atomic E-state index is 6.38. The molecule has 0 amide bonds. The molecule has 3 nitrogen and oxygen atoms in total. The third-order valence-electron chi connectivity index (χ3n) is 3.90. The minimum Gasteiger partial charge on any atom is -0.311 e. The molecule has 0 spiro atoms. The number of nitrogens with zero attached hydrogens (tertiary/aromatic N) is 2. The SMILES string of the molecule is Cc1nn(C)c(CC2(CC(C)C)CCCN2)c1Cl. The summed E-state index contributed by atoms with van der Waals surface area (Å²) in [6, 6.07) is 0. The van der Waals surface area contributed by atoms with Gasteiger partial charge in [-0.3, -0.25) is 4.68 Å². The quantitative estimate of drug-likeness (QED) is 0.910. The fourth-order valence-electron chi connectivity index (χ4n) is 3.24. The largest absolute Gasteiger partial charge is 0.311 e. The Morgan fingerprint density at radius 3 is 2.67 bits per heavy atom. The van der Waals surface area contributed by atoms with Crippen LogP contribution in [-0.2, 0) is 13.5 Å². The zero-order valence-electron chi connectivity index (χ0n) is 11.9. The molecule has 2 rings (SSSR count). The molecule has 1 N–H and O–H groups in total. The first-order valence-electron chi connectivity index (χ1n) is 6.86. The monoisotopic (exact) mass is 269 g/mol. The molecule has 1 aliphatic rings. The molecule has 1 unspecified atom stereocenters. The van der Waals surface area contributed by atoms with Crippen LogP contribution in [0.15, 0.2) is 0 Å². The van der Waals surface area contributed by atoms with E-state index in [-0.39, 0.29) is 5.54 Å². The minimum atomic E-state index is 0.220. The van der Waals surface area contributed by atoms with Gasteiger partial charge < -0.3 is 5.32 Å². The van der Waals surface area contributed by atoms with Gasteiger partial charge in [0.15, 0.2) is 0 Å². The van der Waals surface area contributed by atoms with Crippen molar-refractivity contribution in [1.82, 2.24) is 15.1 Å². The zero-order chi connectivity index (χ0) is 13.3. The Bertz CT molecular complexity index is 417. The fraction of sp³-hybridized carbons (Fsp3) is 0.786. The number of aryl methyl sites for hydroxylation is 2. The molecule has 0 bridgehead atoms. The van der Waals surface area contributed by atoms with E-state index in [4.69, 9.17) is 11.6 Å². The van der Waals surface area contributed by atoms with Crippen molar-refractivity contribution in [2.24, 2.45) is 13.0 Å². The second-order valence-electron chi connectivity index (χ2n) is 6.06. The van der Waals surface area contributed by atoms with Gasteiger partial charge in [-0.2, -0.15) is 5.10 Å². The zero-order valence-corrected chi connectivity index (χ0v) is 12.6. The van der Waals surface area contributed by atoms with Crippen LogP contribution in [0.4, 0.5) is 0 Å². The van der Waals surface area contributed by atoms with Gasteiger partial charge in [-0.15, -0.1) is 0 Å². The highest BCUT2D eigenvalue weighted by Crippen LogP contribution is 2.33. The Hall–Kier alpha value is -0.540. The van der Waals surface area contributed by atoms with Crippen molar-refractivity contribution in [3.05, 3.63) is 16.4 Å². The summed E-state index contributed by atoms with van der Waals surface area (Å²) in [5.74, 6) is 0.698. The molecule has 0 saturated carbocycles. The minimum absolute atomic E-state index is 0.220. The van der Waals surface area contributed by atoms with Crippen molar-refractivity contribution in [3.63, 3.8) is 0 Å². The van der Waals surface area contributed by atoms with E-state index in [0.29, 0.717) is 5.92 Å². The highest BCUT2D eigenvalue weighted by atomic mass is 35.5. The van der Waals surface area contributed by atoms with E-state index in [1.54, 1.807) is 0 Å². The van der Waals surface area contributed by atoms with Crippen LogP contribution in [0.3, 0.4) is 0 Å². The summed E-state index contributed by atoms with van der Waals surface area (Å²) >= 11 is 6.38. The summed E-state index contributed by atoms with van der Waals surface area (Å²) in [4.78, 5) is 0. The molecule has 4 heteroatoms. The molecule has 18 heavy (non-hydrogen) atoms. The smallest absolute Gasteiger partial charge is 0.0847 e. The van der Waals surface area contributed by atoms with Gasteiger partial charge in [-0.1, -0.05) is 25.4 Å². The van der Waals surface area contributed by atoms with Crippen LogP contribution >= 0.6 is 11.6 Å². The van der Waals surface area contributed by atoms with Gasteiger partial charge >= 0.3 is 0 Å². The lowest BCUT2D eigenvalue weighted by Gasteiger charge is -2.31. The summed E-state index contributed by atoms with van der Waals surface area (Å²) in [6.07, 6.45) is 4.70. The lowest BCUT2D eigenvalue weighted by atomic mass is 9.83. The first kappa shape index (κ1) is 13.9. The molecule has 2 heterocycles. The molecule has 1 saturated heterocycles. The van der Waals surface area contributed by atoms with E-state index in [9.17, 15) is 0 Å². The summed E-state index contributed by atoms with van der Waals surface area (Å²) in [7, 11) is 1.99. The van der Waals surface area contributed by atoms with E-state index in [2.05, 4.69) is 24.3 Å². The molecular formula is C14H24ClN3. The second kappa shape index (κ2) is 5.22. The number of hydrogen-bond donors (Lipinski definition) is 1. The summed E-state index contributed by atoms with van der Waals surface area (Å²) < 4.78 is 1.94. The van der Waals surface area contributed by atoms with E-state index in [1.807, 2.05) is 18.7 Å². The Kier molecular flexibility index (Phi) is 4.02. The van der Waals surface area contributed by atoms with Crippen LogP contribution in [-0.4, -0.2) is 21.9 Å². The number of nitrogens with one attached hydrogen (secondary N) is 1. The van der Waals surface area contributed by atoms with Gasteiger partial charge in [0.25, 0.3) is 0 Å². The molecular weight excluding hydrogens is 246 g/mol. The molecule has 1 atom stereocenters. The highest BCUT2D eigenvalue weighted by Gasteiger charge is 2.35. The molecule has 0 aromatic carbocycles. The fourth-order valence-corrected chi connectivity index (χ4v) is 3.47. The van der Waals surface area contributed by atoms with Crippen LogP contribution in [0.25, 0.3) is 0 Å². The number of hydrogen-bond acceptors (Lipinski definition) is 2. The molecule has 1 aromatic heterocycles. The van der Waals surface area contributed by atoms with E-state index in [1.165, 1.54) is 25.0 Å². The van der Waals surface area contributed by atoms with E-state index in [0.717, 1.165) is 23.7 Å². The third kappa shape index (κ3) is 2.72. The summed E-state index contributed by atoms with van der Waals surface area (Å²) in [5.41, 5.74) is 2.33. The maximum Gasteiger partial charge on any atom is 0.0847 e. The van der Waals surface area contributed by atoms with Gasteiger partial charge in [-0.25, -0.2) is 0 Å². The Labute approximate surface area is 115 Å². The average Bonchev–Trinajstić information content (AvgIpc) is 2.80. The maximum atomic E-state index is 6.38. The standard InChI is InChI=1S/C14H24ClN3/c1-10(2)8-14(6-5-7-16-14)9-12-13(15)11(3)17-18(12)4/h10,16H,5-9H2,1-4H3. The van der Waals surface area contributed by atoms with E-state index < -0.39 is 0 Å². The molecule has 0 radical (unpaired) electrons. The first-order valence-corrected chi connectivity index (χ1v) is 7.24. The van der Waals surface area contributed by atoms with Gasteiger partial charge in [0.2, 0.25) is 0 Å². The van der Waals surface area contributed by atoms with Crippen LogP contribution in [0.2, 0.25) is 5.02 Å².